The molecule has 27 heavy (non-hydrogen) atoms. The molecule has 0 atom stereocenters. The van der Waals surface area contributed by atoms with Gasteiger partial charge in [-0.2, -0.15) is 0 Å². The van der Waals surface area contributed by atoms with Gasteiger partial charge in [-0.25, -0.2) is 12.8 Å². The van der Waals surface area contributed by atoms with E-state index in [-0.39, 0.29) is 18.9 Å². The van der Waals surface area contributed by atoms with E-state index in [1.165, 1.54) is 12.1 Å². The lowest BCUT2D eigenvalue weighted by molar-refractivity contribution is -0.119. The Balaban J connectivity index is 1.81. The summed E-state index contributed by atoms with van der Waals surface area (Å²) in [5.41, 5.74) is 1.55. The van der Waals surface area contributed by atoms with Crippen LogP contribution in [0.4, 0.5) is 10.1 Å². The number of carbonyl (C=O) groups excluding carboxylic acids is 1. The van der Waals surface area contributed by atoms with Crippen molar-refractivity contribution in [3.8, 4) is 0 Å². The highest BCUT2D eigenvalue weighted by atomic mass is 32.2. The summed E-state index contributed by atoms with van der Waals surface area (Å²) in [5, 5.41) is 3.42. The first-order valence-corrected chi connectivity index (χ1v) is 10.0. The highest BCUT2D eigenvalue weighted by Crippen LogP contribution is 2.26. The molecule has 2 aromatic carbocycles. The summed E-state index contributed by atoms with van der Waals surface area (Å²) in [6.45, 7) is -0.208. The van der Waals surface area contributed by atoms with Crippen LogP contribution in [0.3, 0.4) is 0 Å². The summed E-state index contributed by atoms with van der Waals surface area (Å²) >= 11 is 0. The van der Waals surface area contributed by atoms with E-state index < -0.39 is 15.9 Å². The number of pyridine rings is 1. The Bertz CT molecular complexity index is 1060. The van der Waals surface area contributed by atoms with Crippen LogP contribution < -0.4 is 9.62 Å². The third-order valence-electron chi connectivity index (χ3n) is 3.97. The largest absolute Gasteiger partial charge is 0.350 e. The molecule has 0 aliphatic rings. The molecular formula is C19H18FN3O3S. The fourth-order valence-corrected chi connectivity index (χ4v) is 3.52. The van der Waals surface area contributed by atoms with Crippen LogP contribution in [0.1, 0.15) is 5.56 Å². The van der Waals surface area contributed by atoms with Gasteiger partial charge in [0.25, 0.3) is 0 Å². The van der Waals surface area contributed by atoms with Crippen LogP contribution in [0.2, 0.25) is 0 Å². The van der Waals surface area contributed by atoms with E-state index in [9.17, 15) is 17.6 Å². The number of carbonyl (C=O) groups is 1. The first-order chi connectivity index (χ1) is 12.8. The fourth-order valence-electron chi connectivity index (χ4n) is 2.66. The summed E-state index contributed by atoms with van der Waals surface area (Å²) in [4.78, 5) is 16.6. The van der Waals surface area contributed by atoms with Gasteiger partial charge in [0.1, 0.15) is 12.4 Å². The van der Waals surface area contributed by atoms with E-state index in [1.54, 1.807) is 36.5 Å². The number of sulfonamides is 1. The molecule has 0 aliphatic carbocycles. The van der Waals surface area contributed by atoms with Crippen molar-refractivity contribution in [2.24, 2.45) is 0 Å². The van der Waals surface area contributed by atoms with Gasteiger partial charge in [0.05, 0.1) is 17.5 Å². The third-order valence-corrected chi connectivity index (χ3v) is 5.10. The number of rotatable bonds is 6. The molecule has 3 aromatic rings. The smallest absolute Gasteiger partial charge is 0.241 e. The van der Waals surface area contributed by atoms with E-state index in [4.69, 9.17) is 0 Å². The third kappa shape index (κ3) is 4.59. The van der Waals surface area contributed by atoms with Gasteiger partial charge in [0.2, 0.25) is 15.9 Å². The zero-order chi connectivity index (χ0) is 19.4. The van der Waals surface area contributed by atoms with Gasteiger partial charge >= 0.3 is 0 Å². The van der Waals surface area contributed by atoms with Crippen molar-refractivity contribution in [2.45, 2.75) is 6.54 Å². The zero-order valence-corrected chi connectivity index (χ0v) is 15.4. The molecule has 0 radical (unpaired) electrons. The average Bonchev–Trinajstić information content (AvgIpc) is 2.64. The number of anilines is 1. The number of hydrogen-bond donors (Lipinski definition) is 1. The molecule has 3 rings (SSSR count). The van der Waals surface area contributed by atoms with E-state index in [0.717, 1.165) is 15.9 Å². The molecule has 0 saturated carbocycles. The van der Waals surface area contributed by atoms with Crippen molar-refractivity contribution >= 4 is 32.5 Å². The van der Waals surface area contributed by atoms with Gasteiger partial charge in [-0.3, -0.25) is 14.1 Å². The molecule has 1 N–H and O–H groups in total. The van der Waals surface area contributed by atoms with Crippen LogP contribution in [0.5, 0.6) is 0 Å². The number of aromatic nitrogens is 1. The topological polar surface area (TPSA) is 79.4 Å². The maximum absolute atomic E-state index is 12.9. The SMILES string of the molecule is CS(=O)(=O)N(CC(=O)NCc1ccc(F)cc1)c1cccc2cccnc12. The van der Waals surface area contributed by atoms with Crippen LogP contribution >= 0.6 is 0 Å². The van der Waals surface area contributed by atoms with Gasteiger partial charge in [0.15, 0.2) is 0 Å². The first-order valence-electron chi connectivity index (χ1n) is 8.17. The fraction of sp³-hybridized carbons (Fsp3) is 0.158. The lowest BCUT2D eigenvalue weighted by Crippen LogP contribution is -2.40. The monoisotopic (exact) mass is 387 g/mol. The standard InChI is InChI=1S/C19H18FN3O3S/c1-27(25,26)23(17-6-2-4-15-5-3-11-21-19(15)17)13-18(24)22-12-14-7-9-16(20)10-8-14/h2-11H,12-13H2,1H3,(H,22,24). The Labute approximate surface area is 156 Å². The Morgan fingerprint density at radius 1 is 1.11 bits per heavy atom. The number of benzene rings is 2. The number of nitrogens with zero attached hydrogens (tertiary/aromatic N) is 2. The second kappa shape index (κ2) is 7.71. The summed E-state index contributed by atoms with van der Waals surface area (Å²) < 4.78 is 38.6. The minimum atomic E-state index is -3.71. The van der Waals surface area contributed by atoms with Crippen molar-refractivity contribution < 1.29 is 17.6 Å². The van der Waals surface area contributed by atoms with E-state index >= 15 is 0 Å². The molecule has 0 aliphatic heterocycles. The molecule has 8 heteroatoms. The molecule has 0 saturated heterocycles. The molecular weight excluding hydrogens is 369 g/mol. The molecule has 0 fully saturated rings. The molecule has 0 unspecified atom stereocenters. The van der Waals surface area contributed by atoms with Crippen molar-refractivity contribution in [1.82, 2.24) is 10.3 Å². The minimum Gasteiger partial charge on any atom is -0.350 e. The highest BCUT2D eigenvalue weighted by molar-refractivity contribution is 7.92. The number of fused-ring (bicyclic) bond motifs is 1. The van der Waals surface area contributed by atoms with E-state index in [1.807, 2.05) is 12.1 Å². The number of amides is 1. The Kier molecular flexibility index (Phi) is 5.36. The highest BCUT2D eigenvalue weighted by Gasteiger charge is 2.23. The van der Waals surface area contributed by atoms with Gasteiger partial charge in [-0.15, -0.1) is 0 Å². The Morgan fingerprint density at radius 3 is 2.52 bits per heavy atom. The lowest BCUT2D eigenvalue weighted by Gasteiger charge is -2.23. The van der Waals surface area contributed by atoms with Gasteiger partial charge in [-0.1, -0.05) is 30.3 Å². The molecule has 1 aromatic heterocycles. The van der Waals surface area contributed by atoms with Gasteiger partial charge in [0, 0.05) is 18.1 Å². The summed E-state index contributed by atoms with van der Waals surface area (Å²) in [6.07, 6.45) is 2.61. The lowest BCUT2D eigenvalue weighted by atomic mass is 10.2. The van der Waals surface area contributed by atoms with Crippen LogP contribution in [0, 0.1) is 5.82 Å². The molecule has 0 bridgehead atoms. The number of nitrogens with one attached hydrogen (secondary N) is 1. The normalized spacial score (nSPS) is 11.3. The van der Waals surface area contributed by atoms with Crippen molar-refractivity contribution in [3.63, 3.8) is 0 Å². The van der Waals surface area contributed by atoms with Gasteiger partial charge < -0.3 is 5.32 Å². The molecule has 140 valence electrons. The average molecular weight is 387 g/mol. The number of hydrogen-bond acceptors (Lipinski definition) is 4. The quantitative estimate of drug-likeness (QED) is 0.705. The Hall–Kier alpha value is -3.00. The van der Waals surface area contributed by atoms with Crippen LogP contribution in [0.15, 0.2) is 60.8 Å². The molecule has 1 amide bonds. The van der Waals surface area contributed by atoms with Crippen molar-refractivity contribution in [1.29, 1.82) is 0 Å². The van der Waals surface area contributed by atoms with Crippen LogP contribution in [-0.2, 0) is 21.4 Å². The molecule has 0 spiro atoms. The molecule has 6 nitrogen and oxygen atoms in total. The van der Waals surface area contributed by atoms with E-state index in [2.05, 4.69) is 10.3 Å². The van der Waals surface area contributed by atoms with Gasteiger partial charge in [-0.05, 0) is 29.8 Å². The summed E-state index contributed by atoms with van der Waals surface area (Å²) in [7, 11) is -3.71. The van der Waals surface area contributed by atoms with Crippen molar-refractivity contribution in [3.05, 3.63) is 72.2 Å². The Morgan fingerprint density at radius 2 is 1.81 bits per heavy atom. The van der Waals surface area contributed by atoms with Crippen LogP contribution in [0.25, 0.3) is 10.9 Å². The maximum Gasteiger partial charge on any atom is 0.241 e. The molecule has 1 heterocycles. The van der Waals surface area contributed by atoms with Crippen molar-refractivity contribution in [2.75, 3.05) is 17.1 Å². The second-order valence-corrected chi connectivity index (χ2v) is 7.93. The summed E-state index contributed by atoms with van der Waals surface area (Å²) in [6, 6.07) is 14.4. The van der Waals surface area contributed by atoms with E-state index in [0.29, 0.717) is 16.8 Å². The zero-order valence-electron chi connectivity index (χ0n) is 14.6. The predicted molar refractivity (Wildman–Crippen MR) is 102 cm³/mol. The maximum atomic E-state index is 12.9. The predicted octanol–water partition coefficient (Wildman–Crippen LogP) is 2.46. The second-order valence-electron chi connectivity index (χ2n) is 6.03. The number of halogens is 1. The summed E-state index contributed by atoms with van der Waals surface area (Å²) in [5.74, 6) is -0.838. The van der Waals surface area contributed by atoms with Crippen LogP contribution in [-0.4, -0.2) is 32.1 Å². The number of para-hydroxylation sites is 1. The minimum absolute atomic E-state index is 0.171. The first kappa shape index (κ1) is 18.8.